The first-order chi connectivity index (χ1) is 14.4. The predicted molar refractivity (Wildman–Crippen MR) is 110 cm³/mol. The van der Waals surface area contributed by atoms with Crippen molar-refractivity contribution in [2.75, 3.05) is 20.3 Å². The summed E-state index contributed by atoms with van der Waals surface area (Å²) < 4.78 is 10.1. The minimum absolute atomic E-state index is 0.114. The van der Waals surface area contributed by atoms with Crippen LogP contribution in [-0.2, 0) is 19.1 Å². The van der Waals surface area contributed by atoms with Gasteiger partial charge in [0.25, 0.3) is 11.7 Å². The Balaban J connectivity index is 2.13. The summed E-state index contributed by atoms with van der Waals surface area (Å²) in [4.78, 5) is 38.7. The third kappa shape index (κ3) is 4.16. The highest BCUT2D eigenvalue weighted by Crippen LogP contribution is 2.39. The molecule has 2 aromatic carbocycles. The van der Waals surface area contributed by atoms with E-state index < -0.39 is 30.2 Å². The lowest BCUT2D eigenvalue weighted by Crippen LogP contribution is -2.35. The quantitative estimate of drug-likeness (QED) is 0.327. The average Bonchev–Trinajstić information content (AvgIpc) is 2.99. The number of aliphatic hydroxyl groups is 1. The van der Waals surface area contributed by atoms with E-state index in [4.69, 9.17) is 21.1 Å². The van der Waals surface area contributed by atoms with Crippen molar-refractivity contribution < 1.29 is 29.0 Å². The van der Waals surface area contributed by atoms with E-state index in [9.17, 15) is 19.5 Å². The Morgan fingerprint density at radius 2 is 1.73 bits per heavy atom. The molecule has 1 amide bonds. The van der Waals surface area contributed by atoms with Gasteiger partial charge in [-0.15, -0.1) is 0 Å². The van der Waals surface area contributed by atoms with Crippen molar-refractivity contribution in [1.82, 2.24) is 4.90 Å². The number of esters is 1. The average molecular weight is 430 g/mol. The first-order valence-electron chi connectivity index (χ1n) is 9.21. The van der Waals surface area contributed by atoms with Gasteiger partial charge in [0, 0.05) is 10.6 Å². The monoisotopic (exact) mass is 429 g/mol. The zero-order valence-electron chi connectivity index (χ0n) is 16.4. The van der Waals surface area contributed by atoms with E-state index in [1.807, 2.05) is 0 Å². The van der Waals surface area contributed by atoms with E-state index in [0.717, 1.165) is 4.90 Å². The summed E-state index contributed by atoms with van der Waals surface area (Å²) in [6.07, 6.45) is 0. The van der Waals surface area contributed by atoms with Crippen LogP contribution in [0.15, 0.2) is 54.1 Å². The van der Waals surface area contributed by atoms with Crippen LogP contribution in [0.4, 0.5) is 0 Å². The molecular weight excluding hydrogens is 410 g/mol. The molecule has 3 rings (SSSR count). The van der Waals surface area contributed by atoms with Crippen LogP contribution in [-0.4, -0.2) is 47.9 Å². The molecule has 7 nitrogen and oxygen atoms in total. The van der Waals surface area contributed by atoms with E-state index in [2.05, 4.69) is 0 Å². The number of hydrogen-bond acceptors (Lipinski definition) is 6. The lowest BCUT2D eigenvalue weighted by atomic mass is 9.95. The Kier molecular flexibility index (Phi) is 6.42. The van der Waals surface area contributed by atoms with Gasteiger partial charge in [-0.25, -0.2) is 0 Å². The summed E-state index contributed by atoms with van der Waals surface area (Å²) in [6.45, 7) is 1.36. The normalized spacial score (nSPS) is 17.8. The fourth-order valence-electron chi connectivity index (χ4n) is 3.28. The van der Waals surface area contributed by atoms with Crippen LogP contribution in [0.25, 0.3) is 5.76 Å². The Hall–Kier alpha value is -3.32. The second-order valence-electron chi connectivity index (χ2n) is 6.51. The summed E-state index contributed by atoms with van der Waals surface area (Å²) in [5.74, 6) is -2.19. The van der Waals surface area contributed by atoms with Crippen LogP contribution in [0.2, 0.25) is 5.02 Å². The molecule has 1 atom stereocenters. The Morgan fingerprint density at radius 3 is 2.30 bits per heavy atom. The number of halogens is 1. The fraction of sp³-hybridized carbons (Fsp3) is 0.227. The Labute approximate surface area is 178 Å². The number of Topliss-reactive ketones (excluding diaryl/α,β-unsaturated/α-hetero) is 1. The van der Waals surface area contributed by atoms with Crippen molar-refractivity contribution in [3.05, 3.63) is 70.3 Å². The maximum absolute atomic E-state index is 12.8. The highest BCUT2D eigenvalue weighted by molar-refractivity contribution is 6.46. The number of benzene rings is 2. The number of aliphatic hydroxyl groups excluding tert-OH is 1. The molecule has 0 aliphatic carbocycles. The summed E-state index contributed by atoms with van der Waals surface area (Å²) in [6, 6.07) is 11.9. The fourth-order valence-corrected chi connectivity index (χ4v) is 3.41. The van der Waals surface area contributed by atoms with Gasteiger partial charge < -0.3 is 19.5 Å². The molecule has 0 saturated carbocycles. The van der Waals surface area contributed by atoms with Crippen LogP contribution in [0.5, 0.6) is 5.75 Å². The van der Waals surface area contributed by atoms with Crippen molar-refractivity contribution in [1.29, 1.82) is 0 Å². The summed E-state index contributed by atoms with van der Waals surface area (Å²) in [7, 11) is 1.52. The molecule has 0 radical (unpaired) electrons. The zero-order valence-corrected chi connectivity index (χ0v) is 17.2. The standard InChI is InChI=1S/C22H20ClNO6/c1-3-30-17(25)12-24-19(13-6-10-16(29-2)11-7-13)18(21(27)22(24)28)20(26)14-4-8-15(23)9-5-14/h4-11,19,26H,3,12H2,1-2H3/b20-18+. The van der Waals surface area contributed by atoms with Crippen molar-refractivity contribution in [2.45, 2.75) is 13.0 Å². The number of rotatable bonds is 6. The smallest absolute Gasteiger partial charge is 0.325 e. The van der Waals surface area contributed by atoms with Gasteiger partial charge in [-0.3, -0.25) is 14.4 Å². The highest BCUT2D eigenvalue weighted by Gasteiger charge is 2.47. The number of likely N-dealkylation sites (tertiary alicyclic amines) is 1. The number of carbonyl (C=O) groups excluding carboxylic acids is 3. The van der Waals surface area contributed by atoms with Crippen LogP contribution >= 0.6 is 11.6 Å². The number of methoxy groups -OCH3 is 1. The van der Waals surface area contributed by atoms with Gasteiger partial charge in [0.2, 0.25) is 0 Å². The number of amides is 1. The topological polar surface area (TPSA) is 93.1 Å². The van der Waals surface area contributed by atoms with E-state index in [-0.39, 0.29) is 17.9 Å². The Bertz CT molecular complexity index is 997. The lowest BCUT2D eigenvalue weighted by Gasteiger charge is -2.24. The van der Waals surface area contributed by atoms with Gasteiger partial charge in [0.15, 0.2) is 0 Å². The second-order valence-corrected chi connectivity index (χ2v) is 6.95. The summed E-state index contributed by atoms with van der Waals surface area (Å²) in [5.41, 5.74) is 0.749. The van der Waals surface area contributed by atoms with Crippen molar-refractivity contribution in [2.24, 2.45) is 0 Å². The molecule has 30 heavy (non-hydrogen) atoms. The number of hydrogen-bond donors (Lipinski definition) is 1. The molecule has 1 fully saturated rings. The third-order valence-electron chi connectivity index (χ3n) is 4.69. The minimum Gasteiger partial charge on any atom is -0.507 e. The molecule has 1 unspecified atom stereocenters. The van der Waals surface area contributed by atoms with Crippen molar-refractivity contribution in [3.8, 4) is 5.75 Å². The highest BCUT2D eigenvalue weighted by atomic mass is 35.5. The molecule has 1 aliphatic rings. The maximum atomic E-state index is 12.8. The predicted octanol–water partition coefficient (Wildman–Crippen LogP) is 3.33. The van der Waals surface area contributed by atoms with Crippen LogP contribution in [0.1, 0.15) is 24.1 Å². The summed E-state index contributed by atoms with van der Waals surface area (Å²) in [5, 5.41) is 11.3. The summed E-state index contributed by atoms with van der Waals surface area (Å²) >= 11 is 5.90. The van der Waals surface area contributed by atoms with Gasteiger partial charge in [0.05, 0.1) is 25.3 Å². The second kappa shape index (κ2) is 9.00. The molecule has 8 heteroatoms. The van der Waals surface area contributed by atoms with Gasteiger partial charge in [-0.05, 0) is 48.9 Å². The minimum atomic E-state index is -0.962. The molecule has 0 bridgehead atoms. The third-order valence-corrected chi connectivity index (χ3v) is 4.95. The zero-order chi connectivity index (χ0) is 21.8. The van der Waals surface area contributed by atoms with E-state index in [1.165, 1.54) is 7.11 Å². The van der Waals surface area contributed by atoms with E-state index >= 15 is 0 Å². The van der Waals surface area contributed by atoms with Crippen LogP contribution < -0.4 is 4.74 Å². The first kappa shape index (κ1) is 21.4. The van der Waals surface area contributed by atoms with Gasteiger partial charge in [0.1, 0.15) is 18.1 Å². The van der Waals surface area contributed by atoms with Gasteiger partial charge >= 0.3 is 5.97 Å². The largest absolute Gasteiger partial charge is 0.507 e. The molecule has 1 N–H and O–H groups in total. The molecule has 1 heterocycles. The van der Waals surface area contributed by atoms with E-state index in [1.54, 1.807) is 55.5 Å². The molecule has 0 spiro atoms. The van der Waals surface area contributed by atoms with Crippen molar-refractivity contribution in [3.63, 3.8) is 0 Å². The Morgan fingerprint density at radius 1 is 1.10 bits per heavy atom. The number of ether oxygens (including phenoxy) is 2. The van der Waals surface area contributed by atoms with Gasteiger partial charge in [-0.2, -0.15) is 0 Å². The number of ketones is 1. The van der Waals surface area contributed by atoms with E-state index in [0.29, 0.717) is 21.9 Å². The van der Waals surface area contributed by atoms with Crippen LogP contribution in [0, 0.1) is 0 Å². The molecule has 1 saturated heterocycles. The molecule has 1 aliphatic heterocycles. The lowest BCUT2D eigenvalue weighted by molar-refractivity contribution is -0.149. The molecule has 156 valence electrons. The van der Waals surface area contributed by atoms with Gasteiger partial charge in [-0.1, -0.05) is 23.7 Å². The maximum Gasteiger partial charge on any atom is 0.325 e. The number of carbonyl (C=O) groups is 3. The molecule has 0 aromatic heterocycles. The van der Waals surface area contributed by atoms with Crippen molar-refractivity contribution >= 4 is 35.0 Å². The SMILES string of the molecule is CCOC(=O)CN1C(=O)C(=O)/C(=C(/O)c2ccc(Cl)cc2)C1c1ccc(OC)cc1. The molecular formula is C22H20ClNO6. The number of nitrogens with zero attached hydrogens (tertiary/aromatic N) is 1. The first-order valence-corrected chi connectivity index (χ1v) is 9.59. The van der Waals surface area contributed by atoms with Crippen LogP contribution in [0.3, 0.4) is 0 Å². The molecule has 2 aromatic rings.